The van der Waals surface area contributed by atoms with Gasteiger partial charge in [-0.2, -0.15) is 16.9 Å². The highest BCUT2D eigenvalue weighted by Gasteiger charge is 2.25. The number of hydrogen-bond acceptors (Lipinski definition) is 4. The second kappa shape index (κ2) is 7.51. The highest BCUT2D eigenvalue weighted by molar-refractivity contribution is 7.89. The predicted octanol–water partition coefficient (Wildman–Crippen LogP) is 2.80. The van der Waals surface area contributed by atoms with E-state index in [1.807, 2.05) is 37.2 Å². The maximum atomic E-state index is 12.9. The zero-order valence-electron chi connectivity index (χ0n) is 13.2. The Morgan fingerprint density at radius 1 is 1.04 bits per heavy atom. The van der Waals surface area contributed by atoms with Gasteiger partial charge < -0.3 is 4.90 Å². The highest BCUT2D eigenvalue weighted by Crippen LogP contribution is 2.31. The molecule has 2 aromatic carbocycles. The number of sulfonamides is 1. The molecule has 0 aliphatic heterocycles. The van der Waals surface area contributed by atoms with Crippen LogP contribution in [-0.4, -0.2) is 52.3 Å². The summed E-state index contributed by atoms with van der Waals surface area (Å²) in [4.78, 5) is 2.14. The molecule has 2 rings (SSSR count). The van der Waals surface area contributed by atoms with E-state index in [1.54, 1.807) is 18.2 Å². The molecule has 0 N–H and O–H groups in total. The van der Waals surface area contributed by atoms with Crippen molar-refractivity contribution in [1.29, 1.82) is 0 Å². The van der Waals surface area contributed by atoms with E-state index in [9.17, 15) is 12.8 Å². The fourth-order valence-electron chi connectivity index (χ4n) is 2.58. The van der Waals surface area contributed by atoms with Gasteiger partial charge >= 0.3 is 0 Å². The molecule has 126 valence electrons. The molecule has 0 aliphatic rings. The van der Waals surface area contributed by atoms with Gasteiger partial charge in [0.2, 0.25) is 10.0 Å². The Balaban J connectivity index is 2.65. The molecule has 0 heterocycles. The molecule has 0 unspecified atom stereocenters. The number of hydrogen-bond donors (Lipinski definition) is 1. The van der Waals surface area contributed by atoms with Crippen LogP contribution in [0.4, 0.5) is 10.1 Å². The van der Waals surface area contributed by atoms with Gasteiger partial charge in [-0.3, -0.25) is 0 Å². The third kappa shape index (κ3) is 3.62. The fraction of sp³-hybridized carbons (Fsp3) is 0.375. The molecule has 0 radical (unpaired) electrons. The van der Waals surface area contributed by atoms with Crippen LogP contribution in [0.15, 0.2) is 41.3 Å². The van der Waals surface area contributed by atoms with Crippen LogP contribution in [-0.2, 0) is 10.0 Å². The van der Waals surface area contributed by atoms with Crippen LogP contribution in [0.5, 0.6) is 0 Å². The maximum Gasteiger partial charge on any atom is 0.243 e. The van der Waals surface area contributed by atoms with Gasteiger partial charge in [0.25, 0.3) is 0 Å². The van der Waals surface area contributed by atoms with Gasteiger partial charge in [0.15, 0.2) is 0 Å². The Bertz CT molecular complexity index is 773. The van der Waals surface area contributed by atoms with Crippen LogP contribution in [0, 0.1) is 0 Å². The van der Waals surface area contributed by atoms with Crippen molar-refractivity contribution < 1.29 is 12.8 Å². The van der Waals surface area contributed by atoms with Crippen LogP contribution >= 0.6 is 12.6 Å². The Kier molecular flexibility index (Phi) is 5.89. The minimum absolute atomic E-state index is 0.160. The molecule has 4 nitrogen and oxygen atoms in total. The van der Waals surface area contributed by atoms with Crippen LogP contribution in [0.3, 0.4) is 0 Å². The Morgan fingerprint density at radius 3 is 2.30 bits per heavy atom. The Hall–Kier alpha value is -1.31. The first kappa shape index (κ1) is 18.0. The van der Waals surface area contributed by atoms with Gasteiger partial charge in [-0.05, 0) is 12.1 Å². The zero-order valence-corrected chi connectivity index (χ0v) is 14.9. The number of alkyl halides is 1. The van der Waals surface area contributed by atoms with Gasteiger partial charge in [0.05, 0.1) is 4.90 Å². The van der Waals surface area contributed by atoms with Crippen molar-refractivity contribution in [3.63, 3.8) is 0 Å². The van der Waals surface area contributed by atoms with Crippen molar-refractivity contribution in [2.75, 3.05) is 44.5 Å². The first-order valence-corrected chi connectivity index (χ1v) is 9.36. The predicted molar refractivity (Wildman–Crippen MR) is 96.9 cm³/mol. The summed E-state index contributed by atoms with van der Waals surface area (Å²) < 4.78 is 39.7. The average molecular weight is 356 g/mol. The third-order valence-electron chi connectivity index (χ3n) is 3.64. The lowest BCUT2D eigenvalue weighted by Gasteiger charge is -2.22. The summed E-state index contributed by atoms with van der Waals surface area (Å²) in [6.45, 7) is -0.702. The molecule has 0 saturated heterocycles. The summed E-state index contributed by atoms with van der Waals surface area (Å²) in [6, 6.07) is 10.7. The van der Waals surface area contributed by atoms with E-state index in [4.69, 9.17) is 0 Å². The molecule has 0 spiro atoms. The van der Waals surface area contributed by atoms with Gasteiger partial charge in [0, 0.05) is 49.4 Å². The lowest BCUT2D eigenvalue weighted by atomic mass is 10.1. The third-order valence-corrected chi connectivity index (χ3v) is 5.80. The number of fused-ring (bicyclic) bond motifs is 1. The van der Waals surface area contributed by atoms with Gasteiger partial charge in [-0.25, -0.2) is 12.8 Å². The molecule has 23 heavy (non-hydrogen) atoms. The summed E-state index contributed by atoms with van der Waals surface area (Å²) in [6.07, 6.45) is 0. The molecular weight excluding hydrogens is 335 g/mol. The standard InChI is InChI=1S/C16H21FN2O2S2/c1-18(2)15-7-3-6-14-13(15)5-4-8-16(14)23(20,21)19(10-9-17)11-12-22/h3-8,22H,9-12H2,1-2H3/i17+0. The number of rotatable bonds is 7. The molecule has 0 saturated carbocycles. The Labute approximate surface area is 142 Å². The lowest BCUT2D eigenvalue weighted by molar-refractivity contribution is 0.369. The van der Waals surface area contributed by atoms with E-state index >= 15 is 0 Å². The molecule has 7 heteroatoms. The molecule has 0 bridgehead atoms. The second-order valence-corrected chi connectivity index (χ2v) is 7.69. The molecule has 0 aromatic heterocycles. The topological polar surface area (TPSA) is 40.6 Å². The minimum Gasteiger partial charge on any atom is -0.377 e. The van der Waals surface area contributed by atoms with Crippen molar-refractivity contribution in [1.82, 2.24) is 4.31 Å². The quantitative estimate of drug-likeness (QED) is 0.776. The zero-order chi connectivity index (χ0) is 17.0. The maximum absolute atomic E-state index is 12.9. The van der Waals surface area contributed by atoms with Crippen molar-refractivity contribution in [2.24, 2.45) is 0 Å². The normalized spacial score (nSPS) is 12.0. The molecular formula is C16H21FN2O2S2. The van der Waals surface area contributed by atoms with Crippen molar-refractivity contribution in [3.05, 3.63) is 36.4 Å². The lowest BCUT2D eigenvalue weighted by Crippen LogP contribution is -2.34. The first-order chi connectivity index (χ1) is 10.9. The summed E-state index contributed by atoms with van der Waals surface area (Å²) in [7, 11) is 0.0495. The smallest absolute Gasteiger partial charge is 0.243 e. The van der Waals surface area contributed by atoms with Gasteiger partial charge in [-0.15, -0.1) is 0 Å². The van der Waals surface area contributed by atoms with E-state index in [0.29, 0.717) is 11.1 Å². The van der Waals surface area contributed by atoms with E-state index < -0.39 is 16.7 Å². The highest BCUT2D eigenvalue weighted by atomic mass is 32.2. The van der Waals surface area contributed by atoms with Crippen LogP contribution in [0.2, 0.25) is 0 Å². The monoisotopic (exact) mass is 356 g/mol. The van der Waals surface area contributed by atoms with Crippen molar-refractivity contribution in [2.45, 2.75) is 4.90 Å². The number of anilines is 1. The SMILES string of the molecule is CN(C)c1cccc2c(S(=O)(=O)N(CC[19F])CCS)cccc12. The number of thiol groups is 1. The van der Waals surface area contributed by atoms with E-state index in [-0.39, 0.29) is 18.0 Å². The molecule has 0 atom stereocenters. The first-order valence-electron chi connectivity index (χ1n) is 7.29. The number of nitrogens with zero attached hydrogens (tertiary/aromatic N) is 2. The van der Waals surface area contributed by atoms with Crippen LogP contribution in [0.1, 0.15) is 0 Å². The molecule has 0 aliphatic carbocycles. The minimum atomic E-state index is -3.77. The summed E-state index contributed by atoms with van der Waals surface area (Å²) >= 11 is 4.08. The summed E-state index contributed by atoms with van der Waals surface area (Å²) in [5, 5.41) is 1.49. The Morgan fingerprint density at radius 2 is 1.70 bits per heavy atom. The molecule has 0 amide bonds. The summed E-state index contributed by atoms with van der Waals surface area (Å²) in [5.74, 6) is 0.340. The second-order valence-electron chi connectivity index (χ2n) is 5.34. The van der Waals surface area contributed by atoms with E-state index in [0.717, 1.165) is 15.4 Å². The molecule has 0 fully saturated rings. The van der Waals surface area contributed by atoms with Gasteiger partial charge in [-0.1, -0.05) is 24.3 Å². The van der Waals surface area contributed by atoms with Crippen molar-refractivity contribution in [3.8, 4) is 0 Å². The number of benzene rings is 2. The van der Waals surface area contributed by atoms with Crippen LogP contribution < -0.4 is 4.90 Å². The largest absolute Gasteiger partial charge is 0.377 e. The number of halogens is 1. The van der Waals surface area contributed by atoms with Gasteiger partial charge in [0.1, 0.15) is 6.67 Å². The molecule has 2 aromatic rings. The van der Waals surface area contributed by atoms with Crippen molar-refractivity contribution >= 4 is 39.1 Å². The average Bonchev–Trinajstić information content (AvgIpc) is 2.53. The van der Waals surface area contributed by atoms with Crippen LogP contribution in [0.25, 0.3) is 10.8 Å². The van der Waals surface area contributed by atoms with E-state index in [2.05, 4.69) is 12.6 Å². The van der Waals surface area contributed by atoms with E-state index in [1.165, 1.54) is 0 Å². The summed E-state index contributed by atoms with van der Waals surface area (Å²) in [5.41, 5.74) is 0.936. The fourth-order valence-corrected chi connectivity index (χ4v) is 4.58.